The van der Waals surface area contributed by atoms with Crippen LogP contribution in [0.4, 0.5) is 0 Å². The van der Waals surface area contributed by atoms with E-state index in [1.807, 2.05) is 66.7 Å². The van der Waals surface area contributed by atoms with Gasteiger partial charge in [0.05, 0.1) is 0 Å². The Kier molecular flexibility index (Phi) is 9.63. The van der Waals surface area contributed by atoms with Crippen LogP contribution in [-0.4, -0.2) is 18.4 Å². The monoisotopic (exact) mass is 527 g/mol. The van der Waals surface area contributed by atoms with Crippen molar-refractivity contribution in [3.63, 3.8) is 0 Å². The molecule has 192 valence electrons. The molecule has 0 fully saturated rings. The third-order valence-corrected chi connectivity index (χ3v) is 7.06. The van der Waals surface area contributed by atoms with E-state index in [-0.39, 0.29) is 41.9 Å². The zero-order valence-corrected chi connectivity index (χ0v) is 24.2. The van der Waals surface area contributed by atoms with Gasteiger partial charge in [-0.25, -0.2) is 0 Å². The van der Waals surface area contributed by atoms with Crippen LogP contribution in [0.15, 0.2) is 97.1 Å². The first-order valence-electron chi connectivity index (χ1n) is 13.1. The van der Waals surface area contributed by atoms with Crippen LogP contribution >= 0.6 is 0 Å². The topological polar surface area (TPSA) is 78.5 Å². The Hall–Kier alpha value is -3.38. The van der Waals surface area contributed by atoms with Crippen molar-refractivity contribution < 1.29 is 49.0 Å². The number of amides is 1. The summed E-state index contributed by atoms with van der Waals surface area (Å²) in [5, 5.41) is 15.4. The second-order valence-corrected chi connectivity index (χ2v) is 9.57. The van der Waals surface area contributed by atoms with Gasteiger partial charge >= 0.3 is 29.6 Å². The fourth-order valence-electron chi connectivity index (χ4n) is 5.12. The molecule has 1 N–H and O–H groups in total. The molecule has 1 aliphatic heterocycles. The summed E-state index contributed by atoms with van der Waals surface area (Å²) in [4.78, 5) is 23.5. The molecule has 0 saturated carbocycles. The Morgan fingerprint density at radius 3 is 2.08 bits per heavy atom. The molecule has 1 aliphatic rings. The van der Waals surface area contributed by atoms with E-state index in [9.17, 15) is 14.7 Å². The minimum atomic E-state index is -1.01. The maximum absolute atomic E-state index is 13.0. The van der Waals surface area contributed by atoms with Crippen molar-refractivity contribution in [2.75, 3.05) is 6.54 Å². The maximum Gasteiger partial charge on any atom is 1.00 e. The van der Waals surface area contributed by atoms with E-state index in [2.05, 4.69) is 41.7 Å². The standard InChI is InChI=1S/C33H31NO4.Na/c35-31(36)18-9-1-2-10-23-34-32(37)29-17-11-16-26-27(29)19-20-30-28(26)21-22-33(38-30,24-12-5-3-6-13-24)25-14-7-4-8-15-25;/h3-8,11-17,19-22H,1-2,9-10,18,23H2,(H,34,37)(H,35,36);/q;+1/p-1. The van der Waals surface area contributed by atoms with Gasteiger partial charge in [-0.15, -0.1) is 0 Å². The van der Waals surface area contributed by atoms with Gasteiger partial charge < -0.3 is 20.0 Å². The molecule has 0 atom stereocenters. The molecule has 0 radical (unpaired) electrons. The summed E-state index contributed by atoms with van der Waals surface area (Å²) in [6.45, 7) is 0.547. The third kappa shape index (κ3) is 6.27. The van der Waals surface area contributed by atoms with Gasteiger partial charge in [-0.3, -0.25) is 4.79 Å². The van der Waals surface area contributed by atoms with Crippen LogP contribution in [0.1, 0.15) is 59.2 Å². The van der Waals surface area contributed by atoms with Gasteiger partial charge in [-0.1, -0.05) is 85.6 Å². The molecule has 4 aromatic rings. The Morgan fingerprint density at radius 1 is 0.744 bits per heavy atom. The van der Waals surface area contributed by atoms with Crippen LogP contribution in [0.2, 0.25) is 0 Å². The summed E-state index contributed by atoms with van der Waals surface area (Å²) >= 11 is 0. The van der Waals surface area contributed by atoms with Crippen molar-refractivity contribution in [1.82, 2.24) is 5.32 Å². The molecule has 4 aromatic carbocycles. The van der Waals surface area contributed by atoms with Gasteiger partial charge in [0.25, 0.3) is 5.91 Å². The van der Waals surface area contributed by atoms with Gasteiger partial charge in [0.2, 0.25) is 0 Å². The number of carbonyl (C=O) groups excluding carboxylic acids is 2. The molecule has 0 aromatic heterocycles. The number of nitrogens with one attached hydrogen (secondary N) is 1. The molecule has 39 heavy (non-hydrogen) atoms. The number of benzene rings is 4. The van der Waals surface area contributed by atoms with E-state index >= 15 is 0 Å². The van der Waals surface area contributed by atoms with Crippen LogP contribution in [-0.2, 0) is 10.4 Å². The van der Waals surface area contributed by atoms with Crippen LogP contribution in [0, 0.1) is 0 Å². The van der Waals surface area contributed by atoms with E-state index in [0.29, 0.717) is 18.5 Å². The van der Waals surface area contributed by atoms with E-state index < -0.39 is 11.6 Å². The van der Waals surface area contributed by atoms with Crippen LogP contribution < -0.4 is 44.7 Å². The fraction of sp³-hybridized carbons (Fsp3) is 0.212. The molecule has 0 spiro atoms. The molecule has 0 unspecified atom stereocenters. The largest absolute Gasteiger partial charge is 1.00 e. The van der Waals surface area contributed by atoms with Crippen LogP contribution in [0.3, 0.4) is 0 Å². The van der Waals surface area contributed by atoms with E-state index in [1.165, 1.54) is 0 Å². The first-order valence-corrected chi connectivity index (χ1v) is 13.1. The van der Waals surface area contributed by atoms with Crippen molar-refractivity contribution in [2.45, 2.75) is 37.7 Å². The van der Waals surface area contributed by atoms with E-state index in [4.69, 9.17) is 4.74 Å². The van der Waals surface area contributed by atoms with Gasteiger partial charge in [0, 0.05) is 34.8 Å². The summed E-state index contributed by atoms with van der Waals surface area (Å²) in [6, 6.07) is 30.1. The van der Waals surface area contributed by atoms with Crippen molar-refractivity contribution in [2.24, 2.45) is 0 Å². The number of aliphatic carboxylic acids is 1. The molecule has 6 heteroatoms. The Labute approximate surface area is 251 Å². The summed E-state index contributed by atoms with van der Waals surface area (Å²) < 4.78 is 6.80. The molecule has 5 nitrogen and oxygen atoms in total. The van der Waals surface area contributed by atoms with Crippen molar-refractivity contribution in [3.05, 3.63) is 119 Å². The Morgan fingerprint density at radius 2 is 1.41 bits per heavy atom. The summed E-state index contributed by atoms with van der Waals surface area (Å²) in [7, 11) is 0. The van der Waals surface area contributed by atoms with Gasteiger partial charge in [0.1, 0.15) is 5.75 Å². The van der Waals surface area contributed by atoms with E-state index in [1.54, 1.807) is 0 Å². The number of hydrogen-bond donors (Lipinski definition) is 1. The number of carbonyl (C=O) groups is 2. The molecular formula is C33H30NNaO4. The number of carboxylic acid groups (broad SMARTS) is 1. The average Bonchev–Trinajstić information content (AvgIpc) is 2.96. The first-order chi connectivity index (χ1) is 18.6. The minimum absolute atomic E-state index is 0. The van der Waals surface area contributed by atoms with Crippen molar-refractivity contribution in [1.29, 1.82) is 0 Å². The number of fused-ring (bicyclic) bond motifs is 3. The summed E-state index contributed by atoms with van der Waals surface area (Å²) in [6.07, 6.45) is 7.38. The van der Waals surface area contributed by atoms with E-state index in [0.717, 1.165) is 52.5 Å². The molecule has 1 heterocycles. The number of hydrogen-bond acceptors (Lipinski definition) is 4. The zero-order valence-electron chi connectivity index (χ0n) is 22.2. The Bertz CT molecular complexity index is 1430. The summed E-state index contributed by atoms with van der Waals surface area (Å²) in [5.41, 5.74) is 2.91. The SMILES string of the molecule is O=C([O-])CCCCCCNC(=O)c1cccc2c3c(ccc12)OC(c1ccccc1)(c1ccccc1)C=C3.[Na+]. The molecule has 0 saturated heterocycles. The number of rotatable bonds is 10. The third-order valence-electron chi connectivity index (χ3n) is 7.06. The quantitative estimate of drug-likeness (QED) is 0.254. The van der Waals surface area contributed by atoms with Crippen molar-refractivity contribution in [3.8, 4) is 5.75 Å². The Balaban J connectivity index is 0.00000353. The number of unbranched alkanes of at least 4 members (excludes halogenated alkanes) is 3. The van der Waals surface area contributed by atoms with Gasteiger partial charge in [-0.2, -0.15) is 0 Å². The predicted molar refractivity (Wildman–Crippen MR) is 148 cm³/mol. The van der Waals surface area contributed by atoms with Gasteiger partial charge in [0.15, 0.2) is 5.60 Å². The zero-order chi connectivity index (χ0) is 26.4. The molecule has 5 rings (SSSR count). The molecular weight excluding hydrogens is 497 g/mol. The van der Waals surface area contributed by atoms with Gasteiger partial charge in [-0.05, 0) is 60.4 Å². The molecule has 1 amide bonds. The van der Waals surface area contributed by atoms with Crippen LogP contribution in [0.5, 0.6) is 5.75 Å². The normalized spacial score (nSPS) is 13.1. The second-order valence-electron chi connectivity index (χ2n) is 9.57. The number of carboxylic acids is 1. The maximum atomic E-state index is 13.0. The second kappa shape index (κ2) is 13.1. The fourth-order valence-corrected chi connectivity index (χ4v) is 5.12. The molecule has 0 aliphatic carbocycles. The van der Waals surface area contributed by atoms with Crippen molar-refractivity contribution >= 4 is 28.7 Å². The average molecular weight is 528 g/mol. The van der Waals surface area contributed by atoms with Crippen LogP contribution in [0.25, 0.3) is 16.8 Å². The minimum Gasteiger partial charge on any atom is -0.550 e. The summed E-state index contributed by atoms with van der Waals surface area (Å²) in [5.74, 6) is -0.363. The number of ether oxygens (including phenoxy) is 1. The smallest absolute Gasteiger partial charge is 0.550 e. The predicted octanol–water partition coefficient (Wildman–Crippen LogP) is 2.62. The first kappa shape index (κ1) is 28.6. The molecule has 0 bridgehead atoms.